The van der Waals surface area contributed by atoms with Gasteiger partial charge in [0, 0.05) is 26.0 Å². The van der Waals surface area contributed by atoms with E-state index < -0.39 is 11.6 Å². The lowest BCUT2D eigenvalue weighted by Gasteiger charge is -2.12. The molecule has 0 spiro atoms. The van der Waals surface area contributed by atoms with E-state index in [0.29, 0.717) is 21.9 Å². The molecule has 106 valence electrons. The van der Waals surface area contributed by atoms with Crippen molar-refractivity contribution in [3.8, 4) is 0 Å². The number of hydrogen-bond acceptors (Lipinski definition) is 6. The number of halogens is 2. The fourth-order valence-corrected chi connectivity index (χ4v) is 2.12. The predicted octanol–water partition coefficient (Wildman–Crippen LogP) is 2.41. The van der Waals surface area contributed by atoms with Crippen LogP contribution in [0.15, 0.2) is 28.3 Å². The summed E-state index contributed by atoms with van der Waals surface area (Å²) in [5.74, 6) is -0.885. The monoisotopic (exact) mass is 297 g/mol. The maximum atomic E-state index is 13.2. The third kappa shape index (κ3) is 3.32. The number of nitrogens with one attached hydrogen (secondary N) is 1. The second-order valence-electron chi connectivity index (χ2n) is 4.06. The maximum Gasteiger partial charge on any atom is 0.230 e. The lowest BCUT2D eigenvalue weighted by Crippen LogP contribution is -2.15. The Bertz CT molecular complexity index is 621. The van der Waals surface area contributed by atoms with Crippen molar-refractivity contribution < 1.29 is 8.78 Å². The average molecular weight is 297 g/mol. The SMILES string of the molecule is CNc1nc(Sc2ccc(F)c(F)c2)nc(N(C)C)n1. The highest BCUT2D eigenvalue weighted by molar-refractivity contribution is 7.99. The number of rotatable bonds is 4. The van der Waals surface area contributed by atoms with Gasteiger partial charge in [0.15, 0.2) is 16.8 Å². The topological polar surface area (TPSA) is 53.9 Å². The zero-order chi connectivity index (χ0) is 14.7. The predicted molar refractivity (Wildman–Crippen MR) is 74.2 cm³/mol. The smallest absolute Gasteiger partial charge is 0.230 e. The quantitative estimate of drug-likeness (QED) is 0.935. The second-order valence-corrected chi connectivity index (χ2v) is 5.10. The largest absolute Gasteiger partial charge is 0.357 e. The van der Waals surface area contributed by atoms with Gasteiger partial charge in [-0.1, -0.05) is 0 Å². The van der Waals surface area contributed by atoms with Gasteiger partial charge in [-0.2, -0.15) is 15.0 Å². The standard InChI is InChI=1S/C12H13F2N5S/c1-15-10-16-11(19(2)3)18-12(17-10)20-7-4-5-8(13)9(14)6-7/h4-6H,1-3H3,(H,15,16,17,18). The third-order valence-corrected chi connectivity index (χ3v) is 3.18. The van der Waals surface area contributed by atoms with E-state index in [0.717, 1.165) is 23.9 Å². The van der Waals surface area contributed by atoms with Gasteiger partial charge in [-0.25, -0.2) is 8.78 Å². The Labute approximate surface area is 119 Å². The van der Waals surface area contributed by atoms with E-state index in [1.54, 1.807) is 26.0 Å². The zero-order valence-electron chi connectivity index (χ0n) is 11.2. The van der Waals surface area contributed by atoms with Gasteiger partial charge in [-0.15, -0.1) is 0 Å². The molecule has 2 rings (SSSR count). The summed E-state index contributed by atoms with van der Waals surface area (Å²) >= 11 is 1.14. The van der Waals surface area contributed by atoms with Crippen LogP contribution in [0.4, 0.5) is 20.7 Å². The van der Waals surface area contributed by atoms with Gasteiger partial charge in [0.2, 0.25) is 11.9 Å². The molecule has 0 bridgehead atoms. The molecule has 8 heteroatoms. The van der Waals surface area contributed by atoms with Gasteiger partial charge < -0.3 is 10.2 Å². The van der Waals surface area contributed by atoms with Crippen LogP contribution in [0.25, 0.3) is 0 Å². The van der Waals surface area contributed by atoms with Crippen LogP contribution in [0.1, 0.15) is 0 Å². The van der Waals surface area contributed by atoms with Crippen molar-refractivity contribution >= 4 is 23.7 Å². The fourth-order valence-electron chi connectivity index (χ4n) is 1.35. The van der Waals surface area contributed by atoms with Crippen molar-refractivity contribution in [3.63, 3.8) is 0 Å². The Morgan fingerprint density at radius 2 is 1.85 bits per heavy atom. The lowest BCUT2D eigenvalue weighted by molar-refractivity contribution is 0.506. The Balaban J connectivity index is 2.32. The van der Waals surface area contributed by atoms with Crippen molar-refractivity contribution in [2.24, 2.45) is 0 Å². The number of anilines is 2. The number of aromatic nitrogens is 3. The van der Waals surface area contributed by atoms with Gasteiger partial charge in [0.25, 0.3) is 0 Å². The average Bonchev–Trinajstić information content (AvgIpc) is 2.42. The van der Waals surface area contributed by atoms with E-state index in [9.17, 15) is 8.78 Å². The fraction of sp³-hybridized carbons (Fsp3) is 0.250. The van der Waals surface area contributed by atoms with Crippen LogP contribution in [0.3, 0.4) is 0 Å². The molecule has 1 N–H and O–H groups in total. The van der Waals surface area contributed by atoms with E-state index in [4.69, 9.17) is 0 Å². The first-order valence-corrected chi connectivity index (χ1v) is 6.55. The minimum absolute atomic E-state index is 0.402. The van der Waals surface area contributed by atoms with Crippen LogP contribution in [-0.2, 0) is 0 Å². The molecule has 0 radical (unpaired) electrons. The van der Waals surface area contributed by atoms with Crippen molar-refractivity contribution in [2.45, 2.75) is 10.1 Å². The van der Waals surface area contributed by atoms with Crippen LogP contribution < -0.4 is 10.2 Å². The number of nitrogens with zero attached hydrogens (tertiary/aromatic N) is 4. The van der Waals surface area contributed by atoms with Crippen LogP contribution >= 0.6 is 11.8 Å². The molecule has 1 aromatic carbocycles. The lowest BCUT2D eigenvalue weighted by atomic mass is 10.3. The molecule has 1 aromatic heterocycles. The van der Waals surface area contributed by atoms with E-state index in [2.05, 4.69) is 20.3 Å². The summed E-state index contributed by atoms with van der Waals surface area (Å²) in [6.45, 7) is 0. The first-order valence-electron chi connectivity index (χ1n) is 5.73. The molecule has 5 nitrogen and oxygen atoms in total. The second kappa shape index (κ2) is 6.00. The highest BCUT2D eigenvalue weighted by atomic mass is 32.2. The minimum Gasteiger partial charge on any atom is -0.357 e. The van der Waals surface area contributed by atoms with Crippen LogP contribution in [0, 0.1) is 11.6 Å². The Morgan fingerprint density at radius 1 is 1.10 bits per heavy atom. The van der Waals surface area contributed by atoms with Crippen molar-refractivity contribution in [3.05, 3.63) is 29.8 Å². The molecule has 0 aliphatic carbocycles. The van der Waals surface area contributed by atoms with Gasteiger partial charge in [0.1, 0.15) is 0 Å². The van der Waals surface area contributed by atoms with E-state index in [-0.39, 0.29) is 0 Å². The molecule has 0 fully saturated rings. The summed E-state index contributed by atoms with van der Waals surface area (Å²) in [6.07, 6.45) is 0. The molecule has 0 amide bonds. The van der Waals surface area contributed by atoms with Gasteiger partial charge >= 0.3 is 0 Å². The summed E-state index contributed by atoms with van der Waals surface area (Å²) in [5.41, 5.74) is 0. The molecule has 0 saturated heterocycles. The number of benzene rings is 1. The molecule has 0 saturated carbocycles. The van der Waals surface area contributed by atoms with E-state index in [1.165, 1.54) is 6.07 Å². The van der Waals surface area contributed by atoms with E-state index >= 15 is 0 Å². The van der Waals surface area contributed by atoms with Gasteiger partial charge in [0.05, 0.1) is 0 Å². The molecular formula is C12H13F2N5S. The maximum absolute atomic E-state index is 13.2. The summed E-state index contributed by atoms with van der Waals surface area (Å²) in [4.78, 5) is 14.8. The van der Waals surface area contributed by atoms with Crippen LogP contribution in [-0.4, -0.2) is 36.1 Å². The number of hydrogen-bond donors (Lipinski definition) is 1. The van der Waals surface area contributed by atoms with Crippen molar-refractivity contribution in [2.75, 3.05) is 31.4 Å². The molecule has 1 heterocycles. The van der Waals surface area contributed by atoms with Gasteiger partial charge in [-0.05, 0) is 30.0 Å². The third-order valence-electron chi connectivity index (χ3n) is 2.33. The normalized spacial score (nSPS) is 10.4. The molecule has 20 heavy (non-hydrogen) atoms. The molecule has 0 unspecified atom stereocenters. The summed E-state index contributed by atoms with van der Waals surface area (Å²) < 4.78 is 26.1. The van der Waals surface area contributed by atoms with Gasteiger partial charge in [-0.3, -0.25) is 0 Å². The van der Waals surface area contributed by atoms with Crippen LogP contribution in [0.2, 0.25) is 0 Å². The van der Waals surface area contributed by atoms with Crippen LogP contribution in [0.5, 0.6) is 0 Å². The molecule has 2 aromatic rings. The summed E-state index contributed by atoms with van der Waals surface area (Å²) in [6, 6.07) is 3.66. The summed E-state index contributed by atoms with van der Waals surface area (Å²) in [5, 5.41) is 3.23. The molecular weight excluding hydrogens is 284 g/mol. The minimum atomic E-state index is -0.897. The molecule has 0 aliphatic heterocycles. The Kier molecular flexibility index (Phi) is 4.33. The first-order chi connectivity index (χ1) is 9.49. The first kappa shape index (κ1) is 14.4. The zero-order valence-corrected chi connectivity index (χ0v) is 12.0. The Morgan fingerprint density at radius 3 is 2.45 bits per heavy atom. The molecule has 0 atom stereocenters. The van der Waals surface area contributed by atoms with Crippen molar-refractivity contribution in [1.82, 2.24) is 15.0 Å². The van der Waals surface area contributed by atoms with Crippen molar-refractivity contribution in [1.29, 1.82) is 0 Å². The highest BCUT2D eigenvalue weighted by Gasteiger charge is 2.10. The van der Waals surface area contributed by atoms with E-state index in [1.807, 2.05) is 0 Å². The Hall–Kier alpha value is -1.96. The molecule has 0 aliphatic rings. The summed E-state index contributed by atoms with van der Waals surface area (Å²) in [7, 11) is 5.31. The highest BCUT2D eigenvalue weighted by Crippen LogP contribution is 2.27.